The average molecular weight is 232 g/mol. The summed E-state index contributed by atoms with van der Waals surface area (Å²) < 4.78 is 0. The summed E-state index contributed by atoms with van der Waals surface area (Å²) in [5, 5.41) is 29.1. The van der Waals surface area contributed by atoms with E-state index >= 15 is 0 Å². The van der Waals surface area contributed by atoms with Gasteiger partial charge in [-0.3, -0.25) is 0 Å². The van der Waals surface area contributed by atoms with Crippen LogP contribution < -0.4 is 0 Å². The quantitative estimate of drug-likeness (QED) is 0.534. The molecule has 0 rings (SSSR count). The van der Waals surface area contributed by atoms with Gasteiger partial charge >= 0.3 is 0 Å². The Balaban J connectivity index is 4.06. The Kier molecular flexibility index (Phi) is 7.20. The van der Waals surface area contributed by atoms with Gasteiger partial charge in [0.25, 0.3) is 0 Å². The molecule has 0 radical (unpaired) electrons. The van der Waals surface area contributed by atoms with E-state index in [2.05, 4.69) is 6.92 Å². The van der Waals surface area contributed by atoms with Gasteiger partial charge in [0.15, 0.2) is 0 Å². The van der Waals surface area contributed by atoms with Crippen LogP contribution in [0.3, 0.4) is 0 Å². The van der Waals surface area contributed by atoms with Crippen LogP contribution in [0.25, 0.3) is 0 Å². The van der Waals surface area contributed by atoms with Crippen LogP contribution in [0.15, 0.2) is 0 Å². The summed E-state index contributed by atoms with van der Waals surface area (Å²) in [6.07, 6.45) is 5.69. The molecule has 0 aromatic carbocycles. The predicted molar refractivity (Wildman–Crippen MR) is 66.3 cm³/mol. The highest BCUT2D eigenvalue weighted by molar-refractivity contribution is 4.92. The van der Waals surface area contributed by atoms with E-state index in [1.165, 1.54) is 0 Å². The van der Waals surface area contributed by atoms with Crippen molar-refractivity contribution in [2.45, 2.75) is 76.9 Å². The Morgan fingerprint density at radius 3 is 1.75 bits per heavy atom. The van der Waals surface area contributed by atoms with Gasteiger partial charge in [0.2, 0.25) is 0 Å². The largest absolute Gasteiger partial charge is 0.396 e. The maximum atomic E-state index is 10.3. The van der Waals surface area contributed by atoms with Crippen molar-refractivity contribution < 1.29 is 15.3 Å². The third kappa shape index (κ3) is 5.28. The summed E-state index contributed by atoms with van der Waals surface area (Å²) in [5.41, 5.74) is -2.04. The van der Waals surface area contributed by atoms with Gasteiger partial charge in [0, 0.05) is 6.61 Å². The molecule has 0 aliphatic rings. The molecule has 0 heterocycles. The van der Waals surface area contributed by atoms with Gasteiger partial charge in [-0.1, -0.05) is 32.6 Å². The molecule has 0 aromatic heterocycles. The van der Waals surface area contributed by atoms with Crippen molar-refractivity contribution in [3.8, 4) is 0 Å². The minimum atomic E-state index is -1.03. The maximum Gasteiger partial charge on any atom is 0.0902 e. The third-order valence-corrected chi connectivity index (χ3v) is 3.50. The van der Waals surface area contributed by atoms with Crippen LogP contribution in [0, 0.1) is 0 Å². The zero-order valence-corrected chi connectivity index (χ0v) is 11.0. The number of rotatable bonds is 9. The Bertz CT molecular complexity index is 176. The SMILES string of the molecule is CCCC[C@](C)(O)[C@@](C)(O)CCCCCO. The Morgan fingerprint density at radius 1 is 0.812 bits per heavy atom. The first-order valence-corrected chi connectivity index (χ1v) is 6.43. The molecule has 0 saturated heterocycles. The second-order valence-electron chi connectivity index (χ2n) is 5.19. The highest BCUT2D eigenvalue weighted by Crippen LogP contribution is 2.31. The predicted octanol–water partition coefficient (Wildman–Crippen LogP) is 2.23. The fourth-order valence-electron chi connectivity index (χ4n) is 1.82. The van der Waals surface area contributed by atoms with E-state index in [1.807, 2.05) is 0 Å². The van der Waals surface area contributed by atoms with Crippen molar-refractivity contribution in [2.75, 3.05) is 6.61 Å². The lowest BCUT2D eigenvalue weighted by atomic mass is 9.78. The summed E-state index contributed by atoms with van der Waals surface area (Å²) >= 11 is 0. The van der Waals surface area contributed by atoms with Crippen LogP contribution >= 0.6 is 0 Å². The minimum Gasteiger partial charge on any atom is -0.396 e. The molecule has 98 valence electrons. The number of hydrogen-bond donors (Lipinski definition) is 3. The first kappa shape index (κ1) is 15.9. The first-order valence-electron chi connectivity index (χ1n) is 6.43. The lowest BCUT2D eigenvalue weighted by Gasteiger charge is -2.39. The molecule has 0 aromatic rings. The zero-order valence-electron chi connectivity index (χ0n) is 11.0. The van der Waals surface area contributed by atoms with E-state index in [4.69, 9.17) is 5.11 Å². The molecule has 0 bridgehead atoms. The molecule has 0 unspecified atom stereocenters. The highest BCUT2D eigenvalue weighted by Gasteiger charge is 2.40. The van der Waals surface area contributed by atoms with Gasteiger partial charge in [-0.05, 0) is 33.1 Å². The van der Waals surface area contributed by atoms with Gasteiger partial charge in [-0.15, -0.1) is 0 Å². The summed E-state index contributed by atoms with van der Waals surface area (Å²) in [5.74, 6) is 0. The number of aliphatic hydroxyl groups excluding tert-OH is 1. The molecular formula is C13H28O3. The fraction of sp³-hybridized carbons (Fsp3) is 1.00. The van der Waals surface area contributed by atoms with Crippen LogP contribution in [0.5, 0.6) is 0 Å². The summed E-state index contributed by atoms with van der Waals surface area (Å²) in [6.45, 7) is 5.71. The van der Waals surface area contributed by atoms with Crippen molar-refractivity contribution in [2.24, 2.45) is 0 Å². The lowest BCUT2D eigenvalue weighted by molar-refractivity contribution is -0.140. The van der Waals surface area contributed by atoms with E-state index < -0.39 is 11.2 Å². The third-order valence-electron chi connectivity index (χ3n) is 3.50. The topological polar surface area (TPSA) is 60.7 Å². The highest BCUT2D eigenvalue weighted by atomic mass is 16.4. The standard InChI is InChI=1S/C13H28O3/c1-4-5-9-12(2,15)13(3,16)10-7-6-8-11-14/h14-16H,4-11H2,1-3H3/t12-,13-/m0/s1. The smallest absolute Gasteiger partial charge is 0.0902 e. The van der Waals surface area contributed by atoms with Gasteiger partial charge in [0.1, 0.15) is 0 Å². The maximum absolute atomic E-state index is 10.3. The monoisotopic (exact) mass is 232 g/mol. The molecular weight excluding hydrogens is 204 g/mol. The normalized spacial score (nSPS) is 19.1. The summed E-state index contributed by atoms with van der Waals surface area (Å²) in [7, 11) is 0. The fourth-order valence-corrected chi connectivity index (χ4v) is 1.82. The summed E-state index contributed by atoms with van der Waals surface area (Å²) in [6, 6.07) is 0. The second-order valence-corrected chi connectivity index (χ2v) is 5.19. The van der Waals surface area contributed by atoms with Crippen LogP contribution in [-0.2, 0) is 0 Å². The van der Waals surface area contributed by atoms with Crippen molar-refractivity contribution >= 4 is 0 Å². The van der Waals surface area contributed by atoms with Gasteiger partial charge in [-0.25, -0.2) is 0 Å². The van der Waals surface area contributed by atoms with E-state index in [9.17, 15) is 10.2 Å². The molecule has 2 atom stereocenters. The van der Waals surface area contributed by atoms with Crippen molar-refractivity contribution in [1.82, 2.24) is 0 Å². The minimum absolute atomic E-state index is 0.203. The molecule has 3 nitrogen and oxygen atoms in total. The molecule has 0 aliphatic heterocycles. The number of hydrogen-bond acceptors (Lipinski definition) is 3. The van der Waals surface area contributed by atoms with E-state index in [1.54, 1.807) is 13.8 Å². The second kappa shape index (κ2) is 7.25. The van der Waals surface area contributed by atoms with Gasteiger partial charge in [-0.2, -0.15) is 0 Å². The van der Waals surface area contributed by atoms with Crippen molar-refractivity contribution in [1.29, 1.82) is 0 Å². The van der Waals surface area contributed by atoms with E-state index in [0.717, 1.165) is 32.1 Å². The molecule has 16 heavy (non-hydrogen) atoms. The Labute approximate surface area is 99.5 Å². The van der Waals surface area contributed by atoms with Crippen molar-refractivity contribution in [3.05, 3.63) is 0 Å². The zero-order chi connectivity index (χ0) is 12.7. The Morgan fingerprint density at radius 2 is 1.31 bits per heavy atom. The van der Waals surface area contributed by atoms with E-state index in [0.29, 0.717) is 12.8 Å². The lowest BCUT2D eigenvalue weighted by Crippen LogP contribution is -2.49. The first-order chi connectivity index (χ1) is 7.37. The molecule has 0 saturated carbocycles. The Hall–Kier alpha value is -0.120. The number of unbranched alkanes of at least 4 members (excludes halogenated alkanes) is 3. The van der Waals surface area contributed by atoms with Crippen LogP contribution in [0.2, 0.25) is 0 Å². The van der Waals surface area contributed by atoms with Crippen molar-refractivity contribution in [3.63, 3.8) is 0 Å². The van der Waals surface area contributed by atoms with Gasteiger partial charge in [0.05, 0.1) is 11.2 Å². The molecule has 0 fully saturated rings. The summed E-state index contributed by atoms with van der Waals surface area (Å²) in [4.78, 5) is 0. The molecule has 3 N–H and O–H groups in total. The van der Waals surface area contributed by atoms with E-state index in [-0.39, 0.29) is 6.61 Å². The van der Waals surface area contributed by atoms with Crippen LogP contribution in [-0.4, -0.2) is 33.1 Å². The molecule has 3 heteroatoms. The average Bonchev–Trinajstić information content (AvgIpc) is 2.21. The molecule has 0 spiro atoms. The van der Waals surface area contributed by atoms with Crippen LogP contribution in [0.4, 0.5) is 0 Å². The van der Waals surface area contributed by atoms with Crippen LogP contribution in [0.1, 0.15) is 65.7 Å². The number of aliphatic hydroxyl groups is 3. The molecule has 0 amide bonds. The molecule has 0 aliphatic carbocycles. The van der Waals surface area contributed by atoms with Gasteiger partial charge < -0.3 is 15.3 Å².